The van der Waals surface area contributed by atoms with Crippen molar-refractivity contribution in [2.75, 3.05) is 18.6 Å². The third-order valence-electron chi connectivity index (χ3n) is 4.34. The first-order valence-electron chi connectivity index (χ1n) is 7.98. The number of fused-ring (bicyclic) bond motifs is 1. The highest BCUT2D eigenvalue weighted by Crippen LogP contribution is 2.32. The normalized spacial score (nSPS) is 14.6. The van der Waals surface area contributed by atoms with Gasteiger partial charge in [-0.25, -0.2) is 4.98 Å². The summed E-state index contributed by atoms with van der Waals surface area (Å²) in [6.07, 6.45) is 0. The van der Waals surface area contributed by atoms with Gasteiger partial charge in [0.25, 0.3) is 0 Å². The summed E-state index contributed by atoms with van der Waals surface area (Å²) in [5.74, 6) is 1.58. The van der Waals surface area contributed by atoms with Crippen LogP contribution in [0.25, 0.3) is 16.6 Å². The average molecular weight is 334 g/mol. The number of ether oxygens (including phenoxy) is 1. The van der Waals surface area contributed by atoms with Crippen molar-refractivity contribution in [2.45, 2.75) is 6.92 Å². The van der Waals surface area contributed by atoms with Crippen LogP contribution < -0.4 is 15.4 Å². The Hall–Kier alpha value is -3.28. The highest BCUT2D eigenvalue weighted by Gasteiger charge is 2.32. The molecule has 0 atom stereocenters. The number of nitrogens with two attached hydrogens (primary N) is 1. The van der Waals surface area contributed by atoms with Crippen molar-refractivity contribution in [3.05, 3.63) is 59.7 Å². The Morgan fingerprint density at radius 1 is 1.24 bits per heavy atom. The lowest BCUT2D eigenvalue weighted by Gasteiger charge is -2.20. The average Bonchev–Trinajstić information content (AvgIpc) is 3.14. The molecular weight excluding hydrogens is 316 g/mol. The van der Waals surface area contributed by atoms with E-state index in [0.29, 0.717) is 17.2 Å². The third-order valence-corrected chi connectivity index (χ3v) is 4.34. The van der Waals surface area contributed by atoms with E-state index in [1.54, 1.807) is 12.0 Å². The first-order valence-corrected chi connectivity index (χ1v) is 7.98. The van der Waals surface area contributed by atoms with Crippen molar-refractivity contribution in [1.82, 2.24) is 9.97 Å². The molecule has 0 aliphatic carbocycles. The van der Waals surface area contributed by atoms with Crippen LogP contribution in [0.5, 0.6) is 5.75 Å². The van der Waals surface area contributed by atoms with Crippen molar-refractivity contribution in [2.24, 2.45) is 5.73 Å². The Morgan fingerprint density at radius 3 is 2.80 bits per heavy atom. The van der Waals surface area contributed by atoms with E-state index in [0.717, 1.165) is 28.0 Å². The summed E-state index contributed by atoms with van der Waals surface area (Å²) in [6.45, 7) is 2.16. The molecule has 0 saturated heterocycles. The minimum absolute atomic E-state index is 0.0583. The number of para-hydroxylation sites is 2. The summed E-state index contributed by atoms with van der Waals surface area (Å²) in [5.41, 5.74) is 10.3. The molecule has 126 valence electrons. The first kappa shape index (κ1) is 15.3. The fraction of sp³-hybridized carbons (Fsp3) is 0.158. The minimum Gasteiger partial charge on any atom is -0.497 e. The van der Waals surface area contributed by atoms with Gasteiger partial charge in [0.1, 0.15) is 23.0 Å². The van der Waals surface area contributed by atoms with E-state index in [1.807, 2.05) is 49.4 Å². The van der Waals surface area contributed by atoms with Gasteiger partial charge in [-0.15, -0.1) is 0 Å². The first-order chi connectivity index (χ1) is 12.1. The number of hydrogen-bond donors (Lipinski definition) is 2. The van der Waals surface area contributed by atoms with Gasteiger partial charge in [-0.05, 0) is 36.8 Å². The molecule has 2 aromatic carbocycles. The maximum Gasteiger partial charge on any atom is 0.189 e. The molecule has 6 nitrogen and oxygen atoms in total. The van der Waals surface area contributed by atoms with Gasteiger partial charge in [-0.1, -0.05) is 12.1 Å². The lowest BCUT2D eigenvalue weighted by atomic mass is 10.2. The molecule has 0 radical (unpaired) electrons. The van der Waals surface area contributed by atoms with Gasteiger partial charge < -0.3 is 20.4 Å². The van der Waals surface area contributed by atoms with Gasteiger partial charge in [-0.2, -0.15) is 0 Å². The molecule has 0 bridgehead atoms. The zero-order valence-electron chi connectivity index (χ0n) is 14.0. The number of hydrogen-bond acceptors (Lipinski definition) is 5. The number of rotatable bonds is 3. The number of aromatic amines is 1. The number of benzene rings is 2. The van der Waals surface area contributed by atoms with E-state index in [1.165, 1.54) is 0 Å². The molecule has 2 heterocycles. The number of ketones is 1. The van der Waals surface area contributed by atoms with Crippen LogP contribution in [-0.4, -0.2) is 29.4 Å². The molecule has 0 saturated carbocycles. The van der Waals surface area contributed by atoms with Crippen LogP contribution in [0.4, 0.5) is 5.69 Å². The summed E-state index contributed by atoms with van der Waals surface area (Å²) >= 11 is 0. The standard InChI is InChI=1S/C19H18N4O2/c1-11-7-12(9-13(8-11)25-2)23-10-16(24)17(18(23)20)19-21-14-5-3-4-6-15(14)22-19/h3-9H,10,20H2,1-2H3,(H,21,22). The molecule has 1 aromatic heterocycles. The highest BCUT2D eigenvalue weighted by atomic mass is 16.5. The Kier molecular flexibility index (Phi) is 3.46. The smallest absolute Gasteiger partial charge is 0.189 e. The molecule has 0 spiro atoms. The van der Waals surface area contributed by atoms with Gasteiger partial charge in [0, 0.05) is 11.8 Å². The molecule has 0 amide bonds. The summed E-state index contributed by atoms with van der Waals surface area (Å²) < 4.78 is 5.32. The Balaban J connectivity index is 1.80. The molecule has 0 unspecified atom stereocenters. The molecule has 6 heteroatoms. The zero-order valence-corrected chi connectivity index (χ0v) is 14.0. The predicted octanol–water partition coefficient (Wildman–Crippen LogP) is 2.60. The number of carbonyl (C=O) groups is 1. The number of nitrogens with zero attached hydrogens (tertiary/aromatic N) is 2. The predicted molar refractivity (Wildman–Crippen MR) is 97.3 cm³/mol. The van der Waals surface area contributed by atoms with E-state index in [9.17, 15) is 4.79 Å². The second-order valence-electron chi connectivity index (χ2n) is 6.08. The van der Waals surface area contributed by atoms with Crippen LogP contribution >= 0.6 is 0 Å². The largest absolute Gasteiger partial charge is 0.497 e. The number of methoxy groups -OCH3 is 1. The van der Waals surface area contributed by atoms with Gasteiger partial charge in [-0.3, -0.25) is 4.79 Å². The quantitative estimate of drug-likeness (QED) is 0.769. The van der Waals surface area contributed by atoms with Crippen molar-refractivity contribution < 1.29 is 9.53 Å². The molecule has 25 heavy (non-hydrogen) atoms. The Morgan fingerprint density at radius 2 is 2.04 bits per heavy atom. The van der Waals surface area contributed by atoms with Gasteiger partial charge >= 0.3 is 0 Å². The molecular formula is C19H18N4O2. The van der Waals surface area contributed by atoms with E-state index < -0.39 is 0 Å². The van der Waals surface area contributed by atoms with E-state index in [2.05, 4.69) is 9.97 Å². The molecule has 0 fully saturated rings. The van der Waals surface area contributed by atoms with Crippen LogP contribution in [-0.2, 0) is 4.79 Å². The van der Waals surface area contributed by atoms with Crippen LogP contribution in [0.3, 0.4) is 0 Å². The number of carbonyl (C=O) groups excluding carboxylic acids is 1. The lowest BCUT2D eigenvalue weighted by Crippen LogP contribution is -2.25. The number of imidazole rings is 1. The van der Waals surface area contributed by atoms with Gasteiger partial charge in [0.2, 0.25) is 0 Å². The van der Waals surface area contributed by atoms with E-state index in [4.69, 9.17) is 10.5 Å². The second kappa shape index (κ2) is 5.66. The molecule has 3 N–H and O–H groups in total. The summed E-state index contributed by atoms with van der Waals surface area (Å²) in [5, 5.41) is 0. The van der Waals surface area contributed by atoms with Crippen LogP contribution in [0.1, 0.15) is 11.4 Å². The lowest BCUT2D eigenvalue weighted by molar-refractivity contribution is -0.112. The molecule has 3 aromatic rings. The van der Waals surface area contributed by atoms with Crippen molar-refractivity contribution in [3.8, 4) is 5.75 Å². The summed E-state index contributed by atoms with van der Waals surface area (Å²) in [6, 6.07) is 13.4. The number of Topliss-reactive ketones (excluding diaryl/α,β-unsaturated/α-hetero) is 1. The van der Waals surface area contributed by atoms with E-state index in [-0.39, 0.29) is 12.3 Å². The highest BCUT2D eigenvalue weighted by molar-refractivity contribution is 6.26. The fourth-order valence-electron chi connectivity index (χ4n) is 3.14. The maximum absolute atomic E-state index is 12.6. The monoisotopic (exact) mass is 334 g/mol. The number of anilines is 1. The summed E-state index contributed by atoms with van der Waals surface area (Å²) in [4.78, 5) is 22.1. The zero-order chi connectivity index (χ0) is 17.6. The van der Waals surface area contributed by atoms with Crippen LogP contribution in [0, 0.1) is 6.92 Å². The topological polar surface area (TPSA) is 84.2 Å². The van der Waals surface area contributed by atoms with Crippen molar-refractivity contribution >= 4 is 28.1 Å². The SMILES string of the molecule is COc1cc(C)cc(N2CC(=O)C(c3nc4ccccc4[nH]3)=C2N)c1. The molecule has 1 aliphatic heterocycles. The number of H-pyrrole nitrogens is 1. The van der Waals surface area contributed by atoms with Crippen LogP contribution in [0.15, 0.2) is 48.3 Å². The minimum atomic E-state index is -0.0583. The van der Waals surface area contributed by atoms with Gasteiger partial charge in [0.05, 0.1) is 24.7 Å². The van der Waals surface area contributed by atoms with Gasteiger partial charge in [0.15, 0.2) is 5.78 Å². The number of nitrogens with one attached hydrogen (secondary N) is 1. The van der Waals surface area contributed by atoms with Crippen molar-refractivity contribution in [1.29, 1.82) is 0 Å². The number of aromatic nitrogens is 2. The van der Waals surface area contributed by atoms with E-state index >= 15 is 0 Å². The van der Waals surface area contributed by atoms with Crippen molar-refractivity contribution in [3.63, 3.8) is 0 Å². The molecule has 4 rings (SSSR count). The second-order valence-corrected chi connectivity index (χ2v) is 6.08. The maximum atomic E-state index is 12.6. The number of aryl methyl sites for hydroxylation is 1. The fourth-order valence-corrected chi connectivity index (χ4v) is 3.14. The Labute approximate surface area is 144 Å². The third kappa shape index (κ3) is 2.52. The molecule has 1 aliphatic rings. The Bertz CT molecular complexity index is 986. The summed E-state index contributed by atoms with van der Waals surface area (Å²) in [7, 11) is 1.62. The van der Waals surface area contributed by atoms with Crippen LogP contribution in [0.2, 0.25) is 0 Å².